The lowest BCUT2D eigenvalue weighted by molar-refractivity contribution is 0.0952. The number of halogens is 1. The molecule has 0 aliphatic rings. The van der Waals surface area contributed by atoms with Crippen molar-refractivity contribution in [2.75, 3.05) is 7.11 Å². The molecule has 154 valence electrons. The summed E-state index contributed by atoms with van der Waals surface area (Å²) in [6.45, 7) is 4.42. The minimum atomic E-state index is -0.333. The average Bonchev–Trinajstić information content (AvgIpc) is 2.74. The third kappa shape index (κ3) is 5.39. The van der Waals surface area contributed by atoms with Crippen LogP contribution in [0.1, 0.15) is 32.6 Å². The predicted octanol–water partition coefficient (Wildman–Crippen LogP) is 5.31. The first-order chi connectivity index (χ1) is 14.5. The molecule has 0 bridgehead atoms. The normalized spacial score (nSPS) is 10.8. The van der Waals surface area contributed by atoms with E-state index in [1.165, 1.54) is 7.11 Å². The van der Waals surface area contributed by atoms with Crippen molar-refractivity contribution in [3.05, 3.63) is 93.5 Å². The van der Waals surface area contributed by atoms with Crippen LogP contribution in [0.15, 0.2) is 65.8 Å². The molecule has 0 heterocycles. The quantitative estimate of drug-likeness (QED) is 0.414. The molecule has 0 spiro atoms. The van der Waals surface area contributed by atoms with Gasteiger partial charge in [-0.2, -0.15) is 5.10 Å². The molecule has 1 amide bonds. The lowest BCUT2D eigenvalue weighted by atomic mass is 10.1. The number of nitrogens with one attached hydrogen (secondary N) is 1. The minimum Gasteiger partial charge on any atom is -0.496 e. The highest BCUT2D eigenvalue weighted by Gasteiger charge is 2.10. The molecule has 1 N–H and O–H groups in total. The number of hydrogen-bond acceptors (Lipinski definition) is 4. The van der Waals surface area contributed by atoms with Gasteiger partial charge in [0.15, 0.2) is 0 Å². The second-order valence-electron chi connectivity index (χ2n) is 6.80. The van der Waals surface area contributed by atoms with E-state index in [1.54, 1.807) is 30.5 Å². The first-order valence-electron chi connectivity index (χ1n) is 9.43. The molecule has 0 aliphatic heterocycles. The number of amides is 1. The highest BCUT2D eigenvalue weighted by Crippen LogP contribution is 2.25. The van der Waals surface area contributed by atoms with Gasteiger partial charge in [-0.15, -0.1) is 0 Å². The van der Waals surface area contributed by atoms with Gasteiger partial charge in [-0.3, -0.25) is 4.79 Å². The number of carbonyl (C=O) groups is 1. The van der Waals surface area contributed by atoms with Crippen LogP contribution in [0.25, 0.3) is 0 Å². The molecule has 3 aromatic rings. The van der Waals surface area contributed by atoms with Crippen molar-refractivity contribution in [3.63, 3.8) is 0 Å². The Hall–Kier alpha value is -3.31. The lowest BCUT2D eigenvalue weighted by Gasteiger charge is -2.13. The van der Waals surface area contributed by atoms with Crippen molar-refractivity contribution < 1.29 is 14.3 Å². The minimum absolute atomic E-state index is 0.333. The van der Waals surface area contributed by atoms with Crippen LogP contribution in [0.5, 0.6) is 11.5 Å². The van der Waals surface area contributed by atoms with Crippen LogP contribution in [0.3, 0.4) is 0 Å². The lowest BCUT2D eigenvalue weighted by Crippen LogP contribution is -2.18. The van der Waals surface area contributed by atoms with Crippen molar-refractivity contribution in [3.8, 4) is 11.5 Å². The summed E-state index contributed by atoms with van der Waals surface area (Å²) in [6.07, 6.45) is 1.61. The van der Waals surface area contributed by atoms with E-state index < -0.39 is 0 Å². The summed E-state index contributed by atoms with van der Waals surface area (Å²) in [5, 5.41) is 4.78. The van der Waals surface area contributed by atoms with E-state index in [0.29, 0.717) is 22.9 Å². The number of nitrogens with zero attached hydrogens (tertiary/aromatic N) is 1. The van der Waals surface area contributed by atoms with Crippen LogP contribution in [0, 0.1) is 13.8 Å². The Labute approximate surface area is 181 Å². The highest BCUT2D eigenvalue weighted by atomic mass is 35.5. The largest absolute Gasteiger partial charge is 0.496 e. The molecule has 0 aliphatic carbocycles. The molecule has 0 radical (unpaired) electrons. The van der Waals surface area contributed by atoms with E-state index >= 15 is 0 Å². The van der Waals surface area contributed by atoms with E-state index in [0.717, 1.165) is 28.0 Å². The Morgan fingerprint density at radius 2 is 1.73 bits per heavy atom. The monoisotopic (exact) mass is 422 g/mol. The Morgan fingerprint density at radius 3 is 2.40 bits per heavy atom. The van der Waals surface area contributed by atoms with Crippen molar-refractivity contribution in [2.45, 2.75) is 20.5 Å². The smallest absolute Gasteiger partial charge is 0.275 e. The third-order valence-electron chi connectivity index (χ3n) is 4.51. The Bertz CT molecular complexity index is 1040. The number of para-hydroxylation sites is 1. The average molecular weight is 423 g/mol. The van der Waals surface area contributed by atoms with E-state index in [4.69, 9.17) is 21.1 Å². The van der Waals surface area contributed by atoms with Gasteiger partial charge < -0.3 is 9.47 Å². The zero-order valence-electron chi connectivity index (χ0n) is 17.1. The van der Waals surface area contributed by atoms with Crippen LogP contribution in [-0.4, -0.2) is 19.2 Å². The third-order valence-corrected chi connectivity index (χ3v) is 4.76. The molecular formula is C24H23ClN2O3. The molecule has 30 heavy (non-hydrogen) atoms. The van der Waals surface area contributed by atoms with Crippen LogP contribution in [-0.2, 0) is 6.61 Å². The maximum Gasteiger partial charge on any atom is 0.275 e. The Balaban J connectivity index is 1.65. The van der Waals surface area contributed by atoms with E-state index in [9.17, 15) is 4.79 Å². The fourth-order valence-corrected chi connectivity index (χ4v) is 3.21. The zero-order chi connectivity index (χ0) is 21.5. The van der Waals surface area contributed by atoms with Gasteiger partial charge in [-0.05, 0) is 72.5 Å². The Morgan fingerprint density at radius 1 is 1.07 bits per heavy atom. The SMILES string of the molecule is COc1ccccc1C(=O)N/N=C\c1cc(C)c(OCc2ccc(Cl)cc2)c(C)c1. The fraction of sp³-hybridized carbons (Fsp3) is 0.167. The van der Waals surface area contributed by atoms with Crippen LogP contribution < -0.4 is 14.9 Å². The maximum absolute atomic E-state index is 12.3. The Kier molecular flexibility index (Phi) is 7.09. The predicted molar refractivity (Wildman–Crippen MR) is 120 cm³/mol. The number of methoxy groups -OCH3 is 1. The number of benzene rings is 3. The van der Waals surface area contributed by atoms with E-state index in [1.807, 2.05) is 50.2 Å². The molecular weight excluding hydrogens is 400 g/mol. The molecule has 0 saturated carbocycles. The van der Waals surface area contributed by atoms with Crippen LogP contribution in [0.4, 0.5) is 0 Å². The first-order valence-corrected chi connectivity index (χ1v) is 9.80. The number of ether oxygens (including phenoxy) is 2. The fourth-order valence-electron chi connectivity index (χ4n) is 3.08. The summed E-state index contributed by atoms with van der Waals surface area (Å²) in [6, 6.07) is 18.5. The topological polar surface area (TPSA) is 59.9 Å². The van der Waals surface area contributed by atoms with Crippen molar-refractivity contribution in [1.29, 1.82) is 0 Å². The summed E-state index contributed by atoms with van der Waals surface area (Å²) in [5.74, 6) is 0.999. The zero-order valence-corrected chi connectivity index (χ0v) is 17.9. The maximum atomic E-state index is 12.3. The van der Waals surface area contributed by atoms with E-state index in [-0.39, 0.29) is 5.91 Å². The summed E-state index contributed by atoms with van der Waals surface area (Å²) in [7, 11) is 1.53. The van der Waals surface area contributed by atoms with Crippen LogP contribution in [0.2, 0.25) is 5.02 Å². The molecule has 0 unspecified atom stereocenters. The summed E-state index contributed by atoms with van der Waals surface area (Å²) < 4.78 is 11.2. The molecule has 0 saturated heterocycles. The van der Waals surface area contributed by atoms with Gasteiger partial charge in [0.05, 0.1) is 18.9 Å². The first kappa shape index (κ1) is 21.4. The molecule has 6 heteroatoms. The van der Waals surface area contributed by atoms with E-state index in [2.05, 4.69) is 10.5 Å². The van der Waals surface area contributed by atoms with Gasteiger partial charge in [-0.25, -0.2) is 5.43 Å². The molecule has 0 fully saturated rings. The van der Waals surface area contributed by atoms with Gasteiger partial charge >= 0.3 is 0 Å². The number of hydrogen-bond donors (Lipinski definition) is 1. The van der Waals surface area contributed by atoms with Crippen LogP contribution >= 0.6 is 11.6 Å². The molecule has 5 nitrogen and oxygen atoms in total. The standard InChI is InChI=1S/C24H23ClN2O3/c1-16-12-19(14-26-27-24(28)21-6-4-5-7-22(21)29-3)13-17(2)23(16)30-15-18-8-10-20(25)11-9-18/h4-14H,15H2,1-3H3,(H,27,28)/b26-14-. The van der Waals surface area contributed by atoms with Gasteiger partial charge in [-0.1, -0.05) is 35.9 Å². The number of carbonyl (C=O) groups excluding carboxylic acids is 1. The second kappa shape index (κ2) is 9.94. The number of rotatable bonds is 7. The van der Waals surface area contributed by atoms with Gasteiger partial charge in [0.2, 0.25) is 0 Å². The van der Waals surface area contributed by atoms with Crippen molar-refractivity contribution >= 4 is 23.7 Å². The summed E-state index contributed by atoms with van der Waals surface area (Å²) in [5.41, 5.74) is 6.85. The highest BCUT2D eigenvalue weighted by molar-refractivity contribution is 6.30. The van der Waals surface area contributed by atoms with Gasteiger partial charge in [0.25, 0.3) is 5.91 Å². The molecule has 3 rings (SSSR count). The molecule has 0 atom stereocenters. The molecule has 0 aromatic heterocycles. The molecule has 3 aromatic carbocycles. The van der Waals surface area contributed by atoms with Gasteiger partial charge in [0, 0.05) is 5.02 Å². The number of aryl methyl sites for hydroxylation is 2. The number of hydrazone groups is 1. The van der Waals surface area contributed by atoms with Crippen molar-refractivity contribution in [1.82, 2.24) is 5.43 Å². The summed E-state index contributed by atoms with van der Waals surface area (Å²) in [4.78, 5) is 12.3. The van der Waals surface area contributed by atoms with Crippen molar-refractivity contribution in [2.24, 2.45) is 5.10 Å². The second-order valence-corrected chi connectivity index (χ2v) is 7.23. The van der Waals surface area contributed by atoms with Gasteiger partial charge in [0.1, 0.15) is 18.1 Å². The summed E-state index contributed by atoms with van der Waals surface area (Å²) >= 11 is 5.92.